The zero-order valence-electron chi connectivity index (χ0n) is 17.5. The molecule has 0 saturated carbocycles. The third-order valence-corrected chi connectivity index (χ3v) is 6.87. The molecule has 5 nitrogen and oxygen atoms in total. The van der Waals surface area contributed by atoms with Crippen LogP contribution in [0.25, 0.3) is 21.5 Å². The van der Waals surface area contributed by atoms with E-state index in [9.17, 15) is 4.79 Å². The molecule has 0 aliphatic carbocycles. The van der Waals surface area contributed by atoms with Gasteiger partial charge in [0, 0.05) is 68.3 Å². The van der Waals surface area contributed by atoms with Crippen molar-refractivity contribution in [2.24, 2.45) is 0 Å². The second-order valence-corrected chi connectivity index (χ2v) is 8.84. The molecule has 0 unspecified atom stereocenters. The van der Waals surface area contributed by atoms with Gasteiger partial charge in [-0.2, -0.15) is 0 Å². The largest absolute Gasteiger partial charge is 0.347 e. The van der Waals surface area contributed by atoms with Crippen molar-refractivity contribution in [1.82, 2.24) is 19.4 Å². The van der Waals surface area contributed by atoms with E-state index in [1.54, 1.807) is 11.3 Å². The second kappa shape index (κ2) is 9.04. The number of amides is 1. The van der Waals surface area contributed by atoms with E-state index in [0.29, 0.717) is 6.42 Å². The Morgan fingerprint density at radius 1 is 0.935 bits per heavy atom. The van der Waals surface area contributed by atoms with E-state index in [4.69, 9.17) is 4.98 Å². The predicted molar refractivity (Wildman–Crippen MR) is 126 cm³/mol. The zero-order chi connectivity index (χ0) is 21.0. The lowest BCUT2D eigenvalue weighted by atomic mass is 10.2. The van der Waals surface area contributed by atoms with E-state index < -0.39 is 0 Å². The van der Waals surface area contributed by atoms with Gasteiger partial charge < -0.3 is 9.47 Å². The maximum absolute atomic E-state index is 12.7. The molecular weight excluding hydrogens is 404 g/mol. The molecule has 4 aromatic rings. The summed E-state index contributed by atoms with van der Waals surface area (Å²) in [6.45, 7) is 4.96. The van der Waals surface area contributed by atoms with E-state index in [2.05, 4.69) is 51.4 Å². The first-order valence-electron chi connectivity index (χ1n) is 10.8. The molecule has 1 amide bonds. The van der Waals surface area contributed by atoms with Crippen LogP contribution in [0.15, 0.2) is 72.2 Å². The number of fused-ring (bicyclic) bond motifs is 1. The minimum atomic E-state index is 0.248. The van der Waals surface area contributed by atoms with Crippen LogP contribution < -0.4 is 0 Å². The molecule has 5 rings (SSSR count). The van der Waals surface area contributed by atoms with Crippen molar-refractivity contribution in [3.63, 3.8) is 0 Å². The minimum absolute atomic E-state index is 0.248. The van der Waals surface area contributed by atoms with Gasteiger partial charge in [0.2, 0.25) is 5.91 Å². The molecule has 0 bridgehead atoms. The normalized spacial score (nSPS) is 14.9. The summed E-state index contributed by atoms with van der Waals surface area (Å²) in [5.41, 5.74) is 3.48. The number of benzene rings is 2. The van der Waals surface area contributed by atoms with Crippen LogP contribution >= 0.6 is 11.3 Å². The van der Waals surface area contributed by atoms with Gasteiger partial charge in [0.25, 0.3) is 0 Å². The van der Waals surface area contributed by atoms with Crippen molar-refractivity contribution < 1.29 is 4.79 Å². The Balaban J connectivity index is 1.11. The van der Waals surface area contributed by atoms with Crippen LogP contribution in [0.2, 0.25) is 0 Å². The highest BCUT2D eigenvalue weighted by Crippen LogP contribution is 2.24. The highest BCUT2D eigenvalue weighted by Gasteiger charge is 2.21. The maximum Gasteiger partial charge on any atom is 0.224 e. The van der Waals surface area contributed by atoms with Crippen molar-refractivity contribution in [3.05, 3.63) is 77.9 Å². The lowest BCUT2D eigenvalue weighted by Gasteiger charge is -2.34. The molecule has 0 spiro atoms. The number of aryl methyl sites for hydroxylation is 1. The Bertz CT molecular complexity index is 1160. The van der Waals surface area contributed by atoms with Crippen LogP contribution in [0.5, 0.6) is 0 Å². The fourth-order valence-corrected chi connectivity index (χ4v) is 5.00. The van der Waals surface area contributed by atoms with Crippen molar-refractivity contribution >= 4 is 28.1 Å². The summed E-state index contributed by atoms with van der Waals surface area (Å²) < 4.78 is 2.18. The Morgan fingerprint density at radius 2 is 1.71 bits per heavy atom. The number of hydrogen-bond acceptors (Lipinski definition) is 4. The van der Waals surface area contributed by atoms with Gasteiger partial charge in [0.1, 0.15) is 5.01 Å². The van der Waals surface area contributed by atoms with Gasteiger partial charge in [-0.15, -0.1) is 11.3 Å². The van der Waals surface area contributed by atoms with Gasteiger partial charge in [-0.05, 0) is 17.5 Å². The SMILES string of the molecule is O=C(CCn1ccc2ccccc21)N1CCN(Cc2csc(-c3ccccc3)n2)CC1. The summed E-state index contributed by atoms with van der Waals surface area (Å²) in [4.78, 5) is 22.0. The average Bonchev–Trinajstić information content (AvgIpc) is 3.46. The van der Waals surface area contributed by atoms with Crippen molar-refractivity contribution in [1.29, 1.82) is 0 Å². The van der Waals surface area contributed by atoms with Crippen LogP contribution in [0, 0.1) is 0 Å². The van der Waals surface area contributed by atoms with E-state index in [0.717, 1.165) is 50.0 Å². The van der Waals surface area contributed by atoms with E-state index in [-0.39, 0.29) is 5.91 Å². The molecule has 0 atom stereocenters. The summed E-state index contributed by atoms with van der Waals surface area (Å²) in [6, 6.07) is 20.7. The average molecular weight is 431 g/mol. The summed E-state index contributed by atoms with van der Waals surface area (Å²) in [7, 11) is 0. The number of carbonyl (C=O) groups is 1. The van der Waals surface area contributed by atoms with Crippen molar-refractivity contribution in [2.45, 2.75) is 19.5 Å². The molecule has 2 aromatic heterocycles. The molecule has 3 heterocycles. The maximum atomic E-state index is 12.7. The van der Waals surface area contributed by atoms with Gasteiger partial charge in [0.15, 0.2) is 0 Å². The number of para-hydroxylation sites is 1. The van der Waals surface area contributed by atoms with Crippen LogP contribution in [-0.4, -0.2) is 51.4 Å². The number of carbonyl (C=O) groups excluding carboxylic acids is 1. The van der Waals surface area contributed by atoms with Crippen LogP contribution in [-0.2, 0) is 17.9 Å². The molecule has 1 aliphatic rings. The summed E-state index contributed by atoms with van der Waals surface area (Å²) in [5.74, 6) is 0.248. The smallest absolute Gasteiger partial charge is 0.224 e. The summed E-state index contributed by atoms with van der Waals surface area (Å²) >= 11 is 1.70. The Morgan fingerprint density at radius 3 is 2.55 bits per heavy atom. The van der Waals surface area contributed by atoms with Crippen molar-refractivity contribution in [2.75, 3.05) is 26.2 Å². The van der Waals surface area contributed by atoms with Crippen molar-refractivity contribution in [3.8, 4) is 10.6 Å². The highest BCUT2D eigenvalue weighted by molar-refractivity contribution is 7.13. The standard InChI is InChI=1S/C25H26N4OS/c30-24(11-13-28-12-10-20-6-4-5-9-23(20)28)29-16-14-27(15-17-29)18-22-19-31-25(26-22)21-7-2-1-3-8-21/h1-10,12,19H,11,13-18H2. The van der Waals surface area contributed by atoms with Gasteiger partial charge in [-0.3, -0.25) is 9.69 Å². The fraction of sp³-hybridized carbons (Fsp3) is 0.280. The third-order valence-electron chi connectivity index (χ3n) is 5.93. The second-order valence-electron chi connectivity index (χ2n) is 7.98. The summed E-state index contributed by atoms with van der Waals surface area (Å²) in [6.07, 6.45) is 2.62. The molecule has 6 heteroatoms. The molecule has 2 aromatic carbocycles. The minimum Gasteiger partial charge on any atom is -0.347 e. The number of nitrogens with zero attached hydrogens (tertiary/aromatic N) is 4. The molecule has 1 fully saturated rings. The highest BCUT2D eigenvalue weighted by atomic mass is 32.1. The zero-order valence-corrected chi connectivity index (χ0v) is 18.3. The number of rotatable bonds is 6. The molecule has 1 aliphatic heterocycles. The molecule has 31 heavy (non-hydrogen) atoms. The molecular formula is C25H26N4OS. The topological polar surface area (TPSA) is 41.4 Å². The first-order chi connectivity index (χ1) is 15.3. The Kier molecular flexibility index (Phi) is 5.82. The lowest BCUT2D eigenvalue weighted by Crippen LogP contribution is -2.48. The first kappa shape index (κ1) is 20.0. The first-order valence-corrected chi connectivity index (χ1v) is 11.7. The molecule has 0 N–H and O–H groups in total. The fourth-order valence-electron chi connectivity index (χ4n) is 4.19. The summed E-state index contributed by atoms with van der Waals surface area (Å²) in [5, 5.41) is 4.45. The van der Waals surface area contributed by atoms with E-state index in [1.165, 1.54) is 16.5 Å². The Labute approximate surface area is 186 Å². The van der Waals surface area contributed by atoms with E-state index in [1.807, 2.05) is 35.2 Å². The van der Waals surface area contributed by atoms with E-state index >= 15 is 0 Å². The number of piperazine rings is 1. The number of hydrogen-bond donors (Lipinski definition) is 0. The van der Waals surface area contributed by atoms with Gasteiger partial charge in [0.05, 0.1) is 5.69 Å². The van der Waals surface area contributed by atoms with Crippen LogP contribution in [0.1, 0.15) is 12.1 Å². The monoisotopic (exact) mass is 430 g/mol. The van der Waals surface area contributed by atoms with Crippen LogP contribution in [0.4, 0.5) is 0 Å². The number of thiazole rings is 1. The Hall–Kier alpha value is -2.96. The van der Waals surface area contributed by atoms with Gasteiger partial charge in [-0.1, -0.05) is 48.5 Å². The lowest BCUT2D eigenvalue weighted by molar-refractivity contribution is -0.133. The van der Waals surface area contributed by atoms with Gasteiger partial charge in [-0.25, -0.2) is 4.98 Å². The van der Waals surface area contributed by atoms with Gasteiger partial charge >= 0.3 is 0 Å². The quantitative estimate of drug-likeness (QED) is 0.452. The van der Waals surface area contributed by atoms with Crippen LogP contribution in [0.3, 0.4) is 0 Å². The third kappa shape index (κ3) is 4.55. The molecule has 158 valence electrons. The predicted octanol–water partition coefficient (Wildman–Crippen LogP) is 4.50. The molecule has 1 saturated heterocycles. The molecule has 0 radical (unpaired) electrons. The number of aromatic nitrogens is 2.